The molecule has 0 aliphatic heterocycles. The van der Waals surface area contributed by atoms with Crippen molar-refractivity contribution in [1.29, 1.82) is 0 Å². The quantitative estimate of drug-likeness (QED) is 0.360. The van der Waals surface area contributed by atoms with Crippen LogP contribution in [0, 0.1) is 0 Å². The van der Waals surface area contributed by atoms with Crippen molar-refractivity contribution >= 4 is 11.9 Å². The Hall–Kier alpha value is -1.36. The lowest BCUT2D eigenvalue weighted by Gasteiger charge is -2.12. The highest BCUT2D eigenvalue weighted by Gasteiger charge is 2.18. The van der Waals surface area contributed by atoms with Gasteiger partial charge in [0.15, 0.2) is 0 Å². The maximum atomic E-state index is 11.6. The predicted octanol–water partition coefficient (Wildman–Crippen LogP) is 2.64. The average Bonchev–Trinajstić information content (AvgIpc) is 2.45. The first-order chi connectivity index (χ1) is 10.1. The Bertz CT molecular complexity index is 315. The fourth-order valence-corrected chi connectivity index (χ4v) is 1.96. The molecule has 122 valence electrons. The highest BCUT2D eigenvalue weighted by Crippen LogP contribution is 2.04. The third-order valence-corrected chi connectivity index (χ3v) is 3.22. The number of hydrogen-bond donors (Lipinski definition) is 3. The van der Waals surface area contributed by atoms with Crippen LogP contribution in [0.15, 0.2) is 12.2 Å². The highest BCUT2D eigenvalue weighted by molar-refractivity contribution is 5.83. The first-order valence-electron chi connectivity index (χ1n) is 7.89. The van der Waals surface area contributed by atoms with Crippen molar-refractivity contribution in [3.8, 4) is 0 Å². The second-order valence-electron chi connectivity index (χ2n) is 5.18. The maximum Gasteiger partial charge on any atom is 0.326 e. The maximum absolute atomic E-state index is 11.6. The SMILES string of the molecule is CCCCCC/C=C\CCCC(=O)N[C@@H](CCO)C(=O)O. The van der Waals surface area contributed by atoms with E-state index in [1.165, 1.54) is 25.7 Å². The van der Waals surface area contributed by atoms with Gasteiger partial charge in [-0.1, -0.05) is 38.3 Å². The Kier molecular flexibility index (Phi) is 12.7. The largest absolute Gasteiger partial charge is 0.480 e. The standard InChI is InChI=1S/C16H29NO4/c1-2-3-4-5-6-7-8-9-10-11-15(19)17-14(12-13-18)16(20)21/h7-8,14,18H,2-6,9-13H2,1H3,(H,17,19)(H,20,21)/b8-7-/t14-/m0/s1. The number of unbranched alkanes of at least 4 members (excludes halogenated alkanes) is 5. The third kappa shape index (κ3) is 12.1. The van der Waals surface area contributed by atoms with Crippen molar-refractivity contribution < 1.29 is 19.8 Å². The summed E-state index contributed by atoms with van der Waals surface area (Å²) in [5.74, 6) is -1.38. The van der Waals surface area contributed by atoms with Gasteiger partial charge in [0, 0.05) is 19.4 Å². The van der Waals surface area contributed by atoms with Gasteiger partial charge in [-0.25, -0.2) is 4.79 Å². The molecular weight excluding hydrogens is 270 g/mol. The predicted molar refractivity (Wildman–Crippen MR) is 83.0 cm³/mol. The Morgan fingerprint density at radius 3 is 2.33 bits per heavy atom. The normalized spacial score (nSPS) is 12.5. The molecule has 0 bridgehead atoms. The van der Waals surface area contributed by atoms with Gasteiger partial charge in [0.05, 0.1) is 0 Å². The van der Waals surface area contributed by atoms with Gasteiger partial charge in [0.1, 0.15) is 6.04 Å². The second kappa shape index (κ2) is 13.6. The molecule has 0 aliphatic carbocycles. The lowest BCUT2D eigenvalue weighted by Crippen LogP contribution is -2.41. The minimum atomic E-state index is -1.11. The van der Waals surface area contributed by atoms with E-state index in [0.29, 0.717) is 12.8 Å². The van der Waals surface area contributed by atoms with Crippen LogP contribution in [0.25, 0.3) is 0 Å². The second-order valence-corrected chi connectivity index (χ2v) is 5.18. The molecule has 1 atom stereocenters. The number of aliphatic carboxylic acids is 1. The van der Waals surface area contributed by atoms with Crippen molar-refractivity contribution in [2.75, 3.05) is 6.61 Å². The molecule has 0 spiro atoms. The van der Waals surface area contributed by atoms with Gasteiger partial charge >= 0.3 is 5.97 Å². The van der Waals surface area contributed by atoms with Crippen LogP contribution >= 0.6 is 0 Å². The first kappa shape index (κ1) is 19.6. The van der Waals surface area contributed by atoms with Crippen LogP contribution in [-0.4, -0.2) is 34.7 Å². The van der Waals surface area contributed by atoms with Crippen molar-refractivity contribution in [3.63, 3.8) is 0 Å². The minimum Gasteiger partial charge on any atom is -0.480 e. The molecule has 0 aromatic rings. The molecule has 1 amide bonds. The molecule has 5 heteroatoms. The number of carboxylic acid groups (broad SMARTS) is 1. The van der Waals surface area contributed by atoms with Crippen molar-refractivity contribution in [2.45, 2.75) is 70.8 Å². The van der Waals surface area contributed by atoms with E-state index < -0.39 is 12.0 Å². The molecule has 0 fully saturated rings. The number of aliphatic hydroxyl groups is 1. The van der Waals surface area contributed by atoms with E-state index in [0.717, 1.165) is 12.8 Å². The summed E-state index contributed by atoms with van der Waals surface area (Å²) in [5.41, 5.74) is 0. The van der Waals surface area contributed by atoms with Crippen LogP contribution in [0.1, 0.15) is 64.7 Å². The van der Waals surface area contributed by atoms with Crippen molar-refractivity contribution in [3.05, 3.63) is 12.2 Å². The van der Waals surface area contributed by atoms with Crippen LogP contribution in [0.4, 0.5) is 0 Å². The number of aliphatic hydroxyl groups excluding tert-OH is 1. The Morgan fingerprint density at radius 2 is 1.76 bits per heavy atom. The van der Waals surface area contributed by atoms with Crippen LogP contribution in [-0.2, 0) is 9.59 Å². The summed E-state index contributed by atoms with van der Waals surface area (Å²) in [4.78, 5) is 22.4. The van der Waals surface area contributed by atoms with Crippen LogP contribution in [0.5, 0.6) is 0 Å². The van der Waals surface area contributed by atoms with E-state index in [9.17, 15) is 9.59 Å². The van der Waals surface area contributed by atoms with E-state index in [-0.39, 0.29) is 18.9 Å². The summed E-state index contributed by atoms with van der Waals surface area (Å²) >= 11 is 0. The van der Waals surface area contributed by atoms with E-state index in [2.05, 4.69) is 24.4 Å². The number of nitrogens with one attached hydrogen (secondary N) is 1. The summed E-state index contributed by atoms with van der Waals surface area (Å²) in [5, 5.41) is 20.0. The number of carbonyl (C=O) groups excluding carboxylic acids is 1. The van der Waals surface area contributed by atoms with Crippen molar-refractivity contribution in [1.82, 2.24) is 5.32 Å². The van der Waals surface area contributed by atoms with Gasteiger partial charge in [-0.05, 0) is 25.7 Å². The molecule has 0 heterocycles. The number of rotatable bonds is 13. The smallest absolute Gasteiger partial charge is 0.326 e. The highest BCUT2D eigenvalue weighted by atomic mass is 16.4. The molecule has 0 unspecified atom stereocenters. The molecule has 0 radical (unpaired) electrons. The summed E-state index contributed by atoms with van der Waals surface area (Å²) in [6.07, 6.45) is 12.2. The number of carboxylic acids is 1. The fourth-order valence-electron chi connectivity index (χ4n) is 1.96. The summed E-state index contributed by atoms with van der Waals surface area (Å²) in [6, 6.07) is -0.989. The molecule has 0 saturated heterocycles. The zero-order valence-electron chi connectivity index (χ0n) is 13.0. The molecule has 0 rings (SSSR count). The molecule has 0 aromatic carbocycles. The lowest BCUT2D eigenvalue weighted by molar-refractivity contribution is -0.142. The number of carbonyl (C=O) groups is 2. The molecule has 5 nitrogen and oxygen atoms in total. The molecule has 0 aliphatic rings. The minimum absolute atomic E-state index is 0.0404. The number of hydrogen-bond acceptors (Lipinski definition) is 3. The molecule has 21 heavy (non-hydrogen) atoms. The van der Waals surface area contributed by atoms with Gasteiger partial charge in [-0.15, -0.1) is 0 Å². The summed E-state index contributed by atoms with van der Waals surface area (Å²) in [7, 11) is 0. The Labute approximate surface area is 127 Å². The summed E-state index contributed by atoms with van der Waals surface area (Å²) < 4.78 is 0. The summed E-state index contributed by atoms with van der Waals surface area (Å²) in [6.45, 7) is 1.94. The number of allylic oxidation sites excluding steroid dienone is 2. The number of amides is 1. The molecule has 0 saturated carbocycles. The molecule has 3 N–H and O–H groups in total. The fraction of sp³-hybridized carbons (Fsp3) is 0.750. The third-order valence-electron chi connectivity index (χ3n) is 3.22. The van der Waals surface area contributed by atoms with Gasteiger partial charge in [0.2, 0.25) is 5.91 Å². The van der Waals surface area contributed by atoms with E-state index in [4.69, 9.17) is 10.2 Å². The van der Waals surface area contributed by atoms with E-state index in [1.54, 1.807) is 0 Å². The Morgan fingerprint density at radius 1 is 1.10 bits per heavy atom. The molecular formula is C16H29NO4. The zero-order valence-corrected chi connectivity index (χ0v) is 13.0. The van der Waals surface area contributed by atoms with Crippen molar-refractivity contribution in [2.24, 2.45) is 0 Å². The molecule has 0 aromatic heterocycles. The zero-order chi connectivity index (χ0) is 15.9. The van der Waals surface area contributed by atoms with E-state index >= 15 is 0 Å². The van der Waals surface area contributed by atoms with Crippen LogP contribution in [0.3, 0.4) is 0 Å². The first-order valence-corrected chi connectivity index (χ1v) is 7.89. The van der Waals surface area contributed by atoms with Crippen LogP contribution in [0.2, 0.25) is 0 Å². The lowest BCUT2D eigenvalue weighted by atomic mass is 10.1. The Balaban J connectivity index is 3.65. The monoisotopic (exact) mass is 299 g/mol. The van der Waals surface area contributed by atoms with Crippen LogP contribution < -0.4 is 5.32 Å². The van der Waals surface area contributed by atoms with Gasteiger partial charge in [-0.2, -0.15) is 0 Å². The average molecular weight is 299 g/mol. The van der Waals surface area contributed by atoms with Gasteiger partial charge in [-0.3, -0.25) is 4.79 Å². The van der Waals surface area contributed by atoms with E-state index in [1.807, 2.05) is 0 Å². The van der Waals surface area contributed by atoms with Gasteiger partial charge < -0.3 is 15.5 Å². The van der Waals surface area contributed by atoms with Gasteiger partial charge in [0.25, 0.3) is 0 Å². The topological polar surface area (TPSA) is 86.6 Å².